The molecule has 28 heavy (non-hydrogen) atoms. The third-order valence-electron chi connectivity index (χ3n) is 3.98. The molecule has 0 amide bonds. The highest BCUT2D eigenvalue weighted by Crippen LogP contribution is 2.21. The van der Waals surface area contributed by atoms with Gasteiger partial charge in [-0.15, -0.1) is 0 Å². The lowest BCUT2D eigenvalue weighted by atomic mass is 9.95. The fourth-order valence-electron chi connectivity index (χ4n) is 2.67. The molecule has 8 heteroatoms. The summed E-state index contributed by atoms with van der Waals surface area (Å²) in [6, 6.07) is 12.1. The maximum absolute atomic E-state index is 11.0. The number of allylic oxidation sites excluding steroid dienone is 1. The molecule has 0 unspecified atom stereocenters. The molecule has 2 rings (SSSR count). The van der Waals surface area contributed by atoms with E-state index < -0.39 is 9.85 Å². The second kappa shape index (κ2) is 9.97. The average molecular weight is 382 g/mol. The lowest BCUT2D eigenvalue weighted by Gasteiger charge is -2.10. The summed E-state index contributed by atoms with van der Waals surface area (Å²) >= 11 is 0. The quantitative estimate of drug-likeness (QED) is 0.430. The molecule has 0 saturated carbocycles. The van der Waals surface area contributed by atoms with E-state index >= 15 is 0 Å². The normalized spacial score (nSPS) is 11.2. The van der Waals surface area contributed by atoms with E-state index in [1.54, 1.807) is 24.3 Å². The molecule has 0 radical (unpaired) electrons. The Balaban J connectivity index is 2.40. The summed E-state index contributed by atoms with van der Waals surface area (Å²) in [5, 5.41) is 40.8. The van der Waals surface area contributed by atoms with Gasteiger partial charge in [-0.05, 0) is 23.1 Å². The summed E-state index contributed by atoms with van der Waals surface area (Å²) in [4.78, 5) is 20.9. The van der Waals surface area contributed by atoms with Gasteiger partial charge in [-0.3, -0.25) is 20.2 Å². The summed E-state index contributed by atoms with van der Waals surface area (Å²) in [5.74, 6) is 5.32. The Bertz CT molecular complexity index is 972. The predicted octanol–water partition coefficient (Wildman–Crippen LogP) is 2.57. The second-order valence-corrected chi connectivity index (χ2v) is 5.91. The van der Waals surface area contributed by atoms with Crippen molar-refractivity contribution in [3.63, 3.8) is 0 Å². The van der Waals surface area contributed by atoms with Gasteiger partial charge in [-0.1, -0.05) is 36.1 Å². The summed E-state index contributed by atoms with van der Waals surface area (Å²) in [7, 11) is 0. The Kier molecular flexibility index (Phi) is 7.39. The number of hydrogen-bond acceptors (Lipinski definition) is 6. The van der Waals surface area contributed by atoms with E-state index in [1.807, 2.05) is 0 Å². The van der Waals surface area contributed by atoms with Gasteiger partial charge in [0, 0.05) is 36.3 Å². The summed E-state index contributed by atoms with van der Waals surface area (Å²) in [6.45, 7) is -0.721. The van der Waals surface area contributed by atoms with Crippen LogP contribution in [0.25, 0.3) is 0 Å². The standard InChI is InChI=1S/C20H18N2O6/c23-9-3-6-17(10-15-4-1-7-19(12-15)21(25)26)18(14-24)11-16-5-2-8-20(13-16)22(27)28/h1-2,4-5,7-8,12-13,23-24H,9-11,14H2/b18-17-. The van der Waals surface area contributed by atoms with Crippen LogP contribution in [0.5, 0.6) is 0 Å². The first kappa shape index (κ1) is 20.8. The van der Waals surface area contributed by atoms with Crippen molar-refractivity contribution in [3.8, 4) is 11.8 Å². The highest BCUT2D eigenvalue weighted by atomic mass is 16.6. The van der Waals surface area contributed by atoms with Crippen LogP contribution in [0.3, 0.4) is 0 Å². The fraction of sp³-hybridized carbons (Fsp3) is 0.200. The van der Waals surface area contributed by atoms with E-state index in [2.05, 4.69) is 11.8 Å². The Morgan fingerprint density at radius 2 is 1.43 bits per heavy atom. The Morgan fingerprint density at radius 1 is 0.893 bits per heavy atom. The van der Waals surface area contributed by atoms with Gasteiger partial charge in [0.05, 0.1) is 16.5 Å². The van der Waals surface area contributed by atoms with Gasteiger partial charge in [-0.25, -0.2) is 0 Å². The number of rotatable bonds is 7. The Morgan fingerprint density at radius 3 is 1.89 bits per heavy atom. The fourth-order valence-corrected chi connectivity index (χ4v) is 2.67. The van der Waals surface area contributed by atoms with Crippen LogP contribution in [0, 0.1) is 32.1 Å². The number of non-ortho nitro benzene ring substituents is 2. The lowest BCUT2D eigenvalue weighted by molar-refractivity contribution is -0.385. The molecule has 0 aliphatic carbocycles. The van der Waals surface area contributed by atoms with Crippen molar-refractivity contribution in [2.24, 2.45) is 0 Å². The number of aliphatic hydroxyl groups is 2. The average Bonchev–Trinajstić information content (AvgIpc) is 2.69. The zero-order valence-electron chi connectivity index (χ0n) is 14.9. The first-order valence-corrected chi connectivity index (χ1v) is 8.32. The lowest BCUT2D eigenvalue weighted by Crippen LogP contribution is -2.04. The zero-order valence-corrected chi connectivity index (χ0v) is 14.9. The topological polar surface area (TPSA) is 127 Å². The maximum Gasteiger partial charge on any atom is 0.269 e. The highest BCUT2D eigenvalue weighted by Gasteiger charge is 2.12. The smallest absolute Gasteiger partial charge is 0.269 e. The number of nitrogens with zero attached hydrogens (tertiary/aromatic N) is 2. The van der Waals surface area contributed by atoms with Crippen molar-refractivity contribution in [1.29, 1.82) is 0 Å². The van der Waals surface area contributed by atoms with E-state index in [0.29, 0.717) is 22.3 Å². The first-order chi connectivity index (χ1) is 13.4. The van der Waals surface area contributed by atoms with Crippen molar-refractivity contribution in [2.75, 3.05) is 13.2 Å². The van der Waals surface area contributed by atoms with Crippen molar-refractivity contribution < 1.29 is 20.1 Å². The number of aliphatic hydroxyl groups excluding tert-OH is 2. The van der Waals surface area contributed by atoms with Crippen molar-refractivity contribution in [1.82, 2.24) is 0 Å². The molecule has 144 valence electrons. The van der Waals surface area contributed by atoms with Gasteiger partial charge in [-0.2, -0.15) is 0 Å². The van der Waals surface area contributed by atoms with Gasteiger partial charge in [0.1, 0.15) is 6.61 Å². The van der Waals surface area contributed by atoms with E-state index in [9.17, 15) is 25.3 Å². The predicted molar refractivity (Wildman–Crippen MR) is 103 cm³/mol. The Labute approximate surface area is 161 Å². The molecule has 0 aliphatic rings. The van der Waals surface area contributed by atoms with E-state index in [0.717, 1.165) is 0 Å². The molecule has 0 atom stereocenters. The van der Waals surface area contributed by atoms with Crippen LogP contribution < -0.4 is 0 Å². The number of hydrogen-bond donors (Lipinski definition) is 2. The third kappa shape index (κ3) is 5.74. The Hall–Kier alpha value is -3.54. The molecule has 0 spiro atoms. The summed E-state index contributed by atoms with van der Waals surface area (Å²) in [6.07, 6.45) is 0.446. The summed E-state index contributed by atoms with van der Waals surface area (Å²) < 4.78 is 0. The van der Waals surface area contributed by atoms with E-state index in [-0.39, 0.29) is 37.4 Å². The molecule has 2 N–H and O–H groups in total. The van der Waals surface area contributed by atoms with Gasteiger partial charge < -0.3 is 10.2 Å². The molecule has 8 nitrogen and oxygen atoms in total. The largest absolute Gasteiger partial charge is 0.392 e. The van der Waals surface area contributed by atoms with Crippen LogP contribution in [0.4, 0.5) is 11.4 Å². The van der Waals surface area contributed by atoms with Crippen LogP contribution in [0.1, 0.15) is 11.1 Å². The zero-order chi connectivity index (χ0) is 20.5. The molecular weight excluding hydrogens is 364 g/mol. The number of nitro benzene ring substituents is 2. The summed E-state index contributed by atoms with van der Waals surface area (Å²) in [5.41, 5.74) is 2.16. The monoisotopic (exact) mass is 382 g/mol. The second-order valence-electron chi connectivity index (χ2n) is 5.91. The molecule has 0 aromatic heterocycles. The minimum atomic E-state index is -0.499. The van der Waals surface area contributed by atoms with Gasteiger partial charge in [0.2, 0.25) is 0 Å². The number of benzene rings is 2. The van der Waals surface area contributed by atoms with Crippen LogP contribution in [0.15, 0.2) is 59.7 Å². The van der Waals surface area contributed by atoms with Crippen molar-refractivity contribution in [3.05, 3.63) is 91.0 Å². The molecule has 2 aromatic rings. The van der Waals surface area contributed by atoms with Crippen LogP contribution in [-0.2, 0) is 12.8 Å². The van der Waals surface area contributed by atoms with Crippen LogP contribution in [0.2, 0.25) is 0 Å². The SMILES string of the molecule is O=[N+]([O-])c1cccc(C/C(C#CCO)=C(\CO)Cc2cccc([N+](=O)[O-])c2)c1. The van der Waals surface area contributed by atoms with E-state index in [4.69, 9.17) is 5.11 Å². The molecular formula is C20H18N2O6. The van der Waals surface area contributed by atoms with Gasteiger partial charge >= 0.3 is 0 Å². The van der Waals surface area contributed by atoms with Crippen molar-refractivity contribution in [2.45, 2.75) is 12.8 Å². The molecule has 0 bridgehead atoms. The van der Waals surface area contributed by atoms with Crippen LogP contribution in [-0.4, -0.2) is 33.3 Å². The highest BCUT2D eigenvalue weighted by molar-refractivity contribution is 5.44. The van der Waals surface area contributed by atoms with E-state index in [1.165, 1.54) is 24.3 Å². The van der Waals surface area contributed by atoms with Crippen molar-refractivity contribution >= 4 is 11.4 Å². The minimum absolute atomic E-state index is 0.0588. The molecule has 0 aliphatic heterocycles. The van der Waals surface area contributed by atoms with Crippen LogP contribution >= 0.6 is 0 Å². The molecule has 0 heterocycles. The van der Waals surface area contributed by atoms with Gasteiger partial charge in [0.25, 0.3) is 11.4 Å². The van der Waals surface area contributed by atoms with Gasteiger partial charge in [0.15, 0.2) is 0 Å². The third-order valence-corrected chi connectivity index (χ3v) is 3.98. The molecule has 2 aromatic carbocycles. The number of nitro groups is 2. The maximum atomic E-state index is 11.0. The molecule has 0 saturated heterocycles. The molecule has 0 fully saturated rings. The minimum Gasteiger partial charge on any atom is -0.392 e. The first-order valence-electron chi connectivity index (χ1n) is 8.32.